The van der Waals surface area contributed by atoms with Crippen LogP contribution in [0.4, 0.5) is 13.2 Å². The first-order chi connectivity index (χ1) is 14.9. The topological polar surface area (TPSA) is 9.23 Å². The van der Waals surface area contributed by atoms with Gasteiger partial charge in [0.1, 0.15) is 5.75 Å². The van der Waals surface area contributed by atoms with Gasteiger partial charge in [0.2, 0.25) is 0 Å². The number of halogens is 3. The molecular formula is C26H41F3OSi. The van der Waals surface area contributed by atoms with Crippen LogP contribution >= 0.6 is 0 Å². The lowest BCUT2D eigenvalue weighted by molar-refractivity contribution is -0.153. The van der Waals surface area contributed by atoms with Crippen LogP contribution in [0.25, 0.3) is 0 Å². The van der Waals surface area contributed by atoms with E-state index in [0.717, 1.165) is 30.6 Å². The number of rotatable bonds is 10. The highest BCUT2D eigenvalue weighted by molar-refractivity contribution is 6.58. The molecule has 3 rings (SSSR count). The van der Waals surface area contributed by atoms with Crippen molar-refractivity contribution >= 4 is 8.80 Å². The molecule has 1 saturated carbocycles. The van der Waals surface area contributed by atoms with Gasteiger partial charge in [-0.25, -0.2) is 0 Å². The van der Waals surface area contributed by atoms with E-state index in [1.54, 1.807) is 43.1 Å². The third-order valence-electron chi connectivity index (χ3n) is 7.80. The lowest BCUT2D eigenvalue weighted by Gasteiger charge is -2.37. The molecule has 0 spiro atoms. The predicted octanol–water partition coefficient (Wildman–Crippen LogP) is 8.19. The van der Waals surface area contributed by atoms with Gasteiger partial charge in [0.15, 0.2) is 6.61 Å². The third-order valence-corrected chi connectivity index (χ3v) is 11.5. The maximum atomic E-state index is 12.2. The summed E-state index contributed by atoms with van der Waals surface area (Å²) < 4.78 is 41.4. The van der Waals surface area contributed by atoms with Gasteiger partial charge in [-0.2, -0.15) is 13.2 Å². The Labute approximate surface area is 188 Å². The SMILES string of the molecule is CCC[SiH]1CCC([C@H]2CC[C@H](CCCCc3ccc(OCC(F)(F)F)cc3)CC2)CC1. The molecule has 1 saturated heterocycles. The summed E-state index contributed by atoms with van der Waals surface area (Å²) in [5.74, 6) is 3.27. The normalized spacial score (nSPS) is 27.2. The van der Waals surface area contributed by atoms with Crippen LogP contribution in [0.15, 0.2) is 24.3 Å². The molecule has 1 heterocycles. The van der Waals surface area contributed by atoms with Gasteiger partial charge in [-0.05, 0) is 61.1 Å². The summed E-state index contributed by atoms with van der Waals surface area (Å²) in [6.07, 6.45) is 10.8. The van der Waals surface area contributed by atoms with Gasteiger partial charge in [0, 0.05) is 8.80 Å². The lowest BCUT2D eigenvalue weighted by Crippen LogP contribution is -2.28. The molecule has 0 aromatic heterocycles. The van der Waals surface area contributed by atoms with Crippen LogP contribution < -0.4 is 4.74 Å². The molecule has 1 aromatic carbocycles. The number of alkyl halides is 3. The number of aryl methyl sites for hydroxylation is 1. The zero-order chi connectivity index (χ0) is 22.1. The second-order valence-electron chi connectivity index (χ2n) is 10.1. The highest BCUT2D eigenvalue weighted by Crippen LogP contribution is 2.42. The van der Waals surface area contributed by atoms with Gasteiger partial charge in [-0.15, -0.1) is 0 Å². The average Bonchev–Trinajstić information content (AvgIpc) is 2.77. The van der Waals surface area contributed by atoms with Gasteiger partial charge in [0.05, 0.1) is 0 Å². The zero-order valence-electron chi connectivity index (χ0n) is 19.3. The van der Waals surface area contributed by atoms with Gasteiger partial charge in [-0.1, -0.05) is 82.1 Å². The van der Waals surface area contributed by atoms with E-state index in [-0.39, 0.29) is 8.80 Å². The van der Waals surface area contributed by atoms with Gasteiger partial charge < -0.3 is 4.74 Å². The van der Waals surface area contributed by atoms with Crippen molar-refractivity contribution in [3.63, 3.8) is 0 Å². The molecule has 0 bridgehead atoms. The van der Waals surface area contributed by atoms with Crippen molar-refractivity contribution in [1.29, 1.82) is 0 Å². The van der Waals surface area contributed by atoms with Crippen LogP contribution in [0.2, 0.25) is 18.1 Å². The fourth-order valence-electron chi connectivity index (χ4n) is 5.98. The van der Waals surface area contributed by atoms with Crippen LogP contribution in [0.5, 0.6) is 5.75 Å². The molecule has 0 amide bonds. The smallest absolute Gasteiger partial charge is 0.422 e. The molecule has 1 aliphatic carbocycles. The van der Waals surface area contributed by atoms with Crippen molar-refractivity contribution in [2.45, 2.75) is 102 Å². The standard InChI is InChI=1S/C26H41F3OSi/c1-2-17-31-18-15-24(16-19-31)23-11-7-21(8-12-23)5-3-4-6-22-9-13-25(14-10-22)30-20-26(27,28)29/h9-10,13-14,21,23-24,31H,2-8,11-12,15-20H2,1H3/t21-,23-,24?,31?. The van der Waals surface area contributed by atoms with Crippen molar-refractivity contribution in [2.75, 3.05) is 6.61 Å². The van der Waals surface area contributed by atoms with Crippen molar-refractivity contribution in [2.24, 2.45) is 17.8 Å². The second-order valence-corrected chi connectivity index (χ2v) is 13.6. The molecular weight excluding hydrogens is 413 g/mol. The summed E-state index contributed by atoms with van der Waals surface area (Å²) in [5, 5.41) is 0. The Morgan fingerprint density at radius 1 is 0.903 bits per heavy atom. The minimum absolute atomic E-state index is 0.291. The maximum Gasteiger partial charge on any atom is 0.422 e. The molecule has 0 unspecified atom stereocenters. The molecule has 5 heteroatoms. The Morgan fingerprint density at radius 3 is 2.16 bits per heavy atom. The van der Waals surface area contributed by atoms with E-state index < -0.39 is 12.8 Å². The van der Waals surface area contributed by atoms with Crippen LogP contribution in [-0.4, -0.2) is 21.6 Å². The fourth-order valence-corrected chi connectivity index (χ4v) is 9.47. The first-order valence-corrected chi connectivity index (χ1v) is 15.2. The molecule has 176 valence electrons. The number of hydrogen-bond acceptors (Lipinski definition) is 1. The van der Waals surface area contributed by atoms with Crippen LogP contribution in [0.1, 0.15) is 76.7 Å². The van der Waals surface area contributed by atoms with Crippen molar-refractivity contribution in [3.05, 3.63) is 29.8 Å². The molecule has 0 atom stereocenters. The van der Waals surface area contributed by atoms with E-state index in [0.29, 0.717) is 5.75 Å². The first-order valence-electron chi connectivity index (χ1n) is 12.7. The summed E-state index contributed by atoms with van der Waals surface area (Å²) in [4.78, 5) is 0. The fraction of sp³-hybridized carbons (Fsp3) is 0.769. The molecule has 1 aliphatic heterocycles. The molecule has 0 N–H and O–H groups in total. The molecule has 1 nitrogen and oxygen atoms in total. The van der Waals surface area contributed by atoms with Crippen molar-refractivity contribution < 1.29 is 17.9 Å². The van der Waals surface area contributed by atoms with E-state index in [9.17, 15) is 13.2 Å². The minimum Gasteiger partial charge on any atom is -0.484 e. The monoisotopic (exact) mass is 454 g/mol. The summed E-state index contributed by atoms with van der Waals surface area (Å²) in [6, 6.07) is 11.9. The van der Waals surface area contributed by atoms with E-state index >= 15 is 0 Å². The Bertz CT molecular complexity index is 615. The molecule has 31 heavy (non-hydrogen) atoms. The van der Waals surface area contributed by atoms with Gasteiger partial charge >= 0.3 is 6.18 Å². The van der Waals surface area contributed by atoms with Gasteiger partial charge in [-0.3, -0.25) is 0 Å². The lowest BCUT2D eigenvalue weighted by atomic mass is 9.73. The summed E-state index contributed by atoms with van der Waals surface area (Å²) in [5.41, 5.74) is 1.19. The quantitative estimate of drug-likeness (QED) is 0.256. The highest BCUT2D eigenvalue weighted by atomic mass is 28.3. The third kappa shape index (κ3) is 8.82. The number of benzene rings is 1. The van der Waals surface area contributed by atoms with Crippen LogP contribution in [0, 0.1) is 17.8 Å². The largest absolute Gasteiger partial charge is 0.484 e. The van der Waals surface area contributed by atoms with Crippen molar-refractivity contribution in [1.82, 2.24) is 0 Å². The molecule has 0 radical (unpaired) electrons. The molecule has 1 aromatic rings. The Balaban J connectivity index is 1.26. The number of ether oxygens (including phenoxy) is 1. The second kappa shape index (κ2) is 12.3. The number of hydrogen-bond donors (Lipinski definition) is 0. The average molecular weight is 455 g/mol. The zero-order valence-corrected chi connectivity index (χ0v) is 20.4. The van der Waals surface area contributed by atoms with Crippen LogP contribution in [0.3, 0.4) is 0 Å². The first kappa shape index (κ1) is 24.7. The molecule has 2 fully saturated rings. The predicted molar refractivity (Wildman–Crippen MR) is 126 cm³/mol. The van der Waals surface area contributed by atoms with E-state index in [1.807, 2.05) is 12.1 Å². The Kier molecular flexibility index (Phi) is 9.80. The van der Waals surface area contributed by atoms with Gasteiger partial charge in [0.25, 0.3) is 0 Å². The number of unbranched alkanes of at least 4 members (excludes halogenated alkanes) is 1. The maximum absolute atomic E-state index is 12.2. The Hall–Kier alpha value is -0.973. The molecule has 2 aliphatic rings. The summed E-state index contributed by atoms with van der Waals surface area (Å²) in [6.45, 7) is 1.13. The van der Waals surface area contributed by atoms with E-state index in [4.69, 9.17) is 4.74 Å². The van der Waals surface area contributed by atoms with Crippen molar-refractivity contribution in [3.8, 4) is 5.75 Å². The van der Waals surface area contributed by atoms with E-state index in [1.165, 1.54) is 50.5 Å². The summed E-state index contributed by atoms with van der Waals surface area (Å²) in [7, 11) is -0.343. The summed E-state index contributed by atoms with van der Waals surface area (Å²) >= 11 is 0. The van der Waals surface area contributed by atoms with E-state index in [2.05, 4.69) is 6.92 Å². The minimum atomic E-state index is -4.28. The highest BCUT2D eigenvalue weighted by Gasteiger charge is 2.31. The Morgan fingerprint density at radius 2 is 1.55 bits per heavy atom. The van der Waals surface area contributed by atoms with Crippen LogP contribution in [-0.2, 0) is 6.42 Å².